The molecule has 0 N–H and O–H groups in total. The average molecular weight is 293 g/mol. The summed E-state index contributed by atoms with van der Waals surface area (Å²) in [6, 6.07) is 7.06. The highest BCUT2D eigenvalue weighted by Gasteiger charge is 2.17. The van der Waals surface area contributed by atoms with Crippen LogP contribution in [0, 0.1) is 0 Å². The Balaban J connectivity index is 2.20. The zero-order valence-corrected chi connectivity index (χ0v) is 12.6. The number of aryl methyl sites for hydroxylation is 2. The number of Topliss-reactive ketones (excluding diaryl/α,β-unsaturated/α-hetero) is 1. The van der Waals surface area contributed by atoms with Gasteiger partial charge >= 0.3 is 0 Å². The summed E-state index contributed by atoms with van der Waals surface area (Å²) in [6.07, 6.45) is 0.998. The molecule has 0 bridgehead atoms. The van der Waals surface area contributed by atoms with Gasteiger partial charge in [0, 0.05) is 12.6 Å². The third-order valence-corrected chi connectivity index (χ3v) is 3.68. The van der Waals surface area contributed by atoms with Gasteiger partial charge in [0.2, 0.25) is 0 Å². The molecule has 1 aromatic carbocycles. The van der Waals surface area contributed by atoms with Gasteiger partial charge in [0.1, 0.15) is 5.75 Å². The molecule has 0 saturated heterocycles. The van der Waals surface area contributed by atoms with Gasteiger partial charge < -0.3 is 4.74 Å². The Morgan fingerprint density at radius 2 is 2.00 bits per heavy atom. The second-order valence-electron chi connectivity index (χ2n) is 4.51. The normalized spacial score (nSPS) is 10.6. The molecule has 0 saturated carbocycles. The minimum atomic E-state index is 0.0141. The summed E-state index contributed by atoms with van der Waals surface area (Å²) in [5.74, 6) is 0.744. The summed E-state index contributed by atoms with van der Waals surface area (Å²) in [5, 5.41) is 4.91. The van der Waals surface area contributed by atoms with Gasteiger partial charge in [0.05, 0.1) is 29.9 Å². The fraction of sp³-hybridized carbons (Fsp3) is 0.333. The molecule has 0 amide bonds. The summed E-state index contributed by atoms with van der Waals surface area (Å²) < 4.78 is 6.76. The summed E-state index contributed by atoms with van der Waals surface area (Å²) in [7, 11) is 3.40. The maximum Gasteiger partial charge on any atom is 0.168 e. The Labute approximate surface area is 123 Å². The average Bonchev–Trinajstić information content (AvgIpc) is 2.74. The topological polar surface area (TPSA) is 44.1 Å². The van der Waals surface area contributed by atoms with Crippen molar-refractivity contribution in [3.63, 3.8) is 0 Å². The number of benzene rings is 1. The van der Waals surface area contributed by atoms with Crippen LogP contribution < -0.4 is 4.74 Å². The van der Waals surface area contributed by atoms with Crippen LogP contribution in [0.15, 0.2) is 24.3 Å². The fourth-order valence-corrected chi connectivity index (χ4v) is 2.40. The Kier molecular flexibility index (Phi) is 4.45. The number of nitrogens with zero attached hydrogens (tertiary/aromatic N) is 2. The van der Waals surface area contributed by atoms with Crippen LogP contribution in [-0.2, 0) is 19.9 Å². The van der Waals surface area contributed by atoms with Crippen molar-refractivity contribution in [3.8, 4) is 5.75 Å². The quantitative estimate of drug-likeness (QED) is 0.796. The number of aromatic nitrogens is 2. The Hall–Kier alpha value is -1.81. The monoisotopic (exact) mass is 292 g/mol. The van der Waals surface area contributed by atoms with Crippen molar-refractivity contribution in [2.24, 2.45) is 7.05 Å². The van der Waals surface area contributed by atoms with E-state index in [4.69, 9.17) is 16.3 Å². The van der Waals surface area contributed by atoms with Crippen LogP contribution in [-0.4, -0.2) is 22.7 Å². The molecule has 0 atom stereocenters. The lowest BCUT2D eigenvalue weighted by Crippen LogP contribution is -2.08. The molecule has 0 unspecified atom stereocenters. The minimum absolute atomic E-state index is 0.0141. The van der Waals surface area contributed by atoms with Crippen LogP contribution in [0.25, 0.3) is 0 Å². The highest BCUT2D eigenvalue weighted by Crippen LogP contribution is 2.22. The highest BCUT2D eigenvalue weighted by atomic mass is 35.5. The third-order valence-electron chi connectivity index (χ3n) is 3.24. The lowest BCUT2D eigenvalue weighted by molar-refractivity contribution is 0.0990. The van der Waals surface area contributed by atoms with E-state index in [1.807, 2.05) is 14.0 Å². The summed E-state index contributed by atoms with van der Waals surface area (Å²) in [6.45, 7) is 1.99. The first-order chi connectivity index (χ1) is 9.56. The molecular formula is C15H17ClN2O2. The molecule has 106 valence electrons. The molecule has 20 heavy (non-hydrogen) atoms. The minimum Gasteiger partial charge on any atom is -0.497 e. The smallest absolute Gasteiger partial charge is 0.168 e. The highest BCUT2D eigenvalue weighted by molar-refractivity contribution is 6.32. The van der Waals surface area contributed by atoms with Crippen molar-refractivity contribution in [2.45, 2.75) is 19.8 Å². The molecule has 0 fully saturated rings. The zero-order chi connectivity index (χ0) is 14.7. The number of methoxy groups -OCH3 is 1. The fourth-order valence-electron chi connectivity index (χ4n) is 2.04. The van der Waals surface area contributed by atoms with Crippen LogP contribution in [0.5, 0.6) is 5.75 Å². The second kappa shape index (κ2) is 6.09. The number of carbonyl (C=O) groups is 1. The molecule has 0 radical (unpaired) electrons. The van der Waals surface area contributed by atoms with Gasteiger partial charge in [-0.05, 0) is 30.7 Å². The molecule has 5 heteroatoms. The molecule has 4 nitrogen and oxygen atoms in total. The van der Waals surface area contributed by atoms with E-state index in [2.05, 4.69) is 5.10 Å². The van der Waals surface area contributed by atoms with E-state index in [9.17, 15) is 4.79 Å². The van der Waals surface area contributed by atoms with Crippen molar-refractivity contribution in [1.82, 2.24) is 9.78 Å². The maximum atomic E-state index is 12.3. The standard InChI is InChI=1S/C15H17ClN2O2/c1-4-12-15(16)13(18(2)17-12)9-14(19)10-5-7-11(20-3)8-6-10/h5-8H,4,9H2,1-3H3. The summed E-state index contributed by atoms with van der Waals surface area (Å²) in [5.41, 5.74) is 2.22. The van der Waals surface area contributed by atoms with Crippen LogP contribution >= 0.6 is 11.6 Å². The largest absolute Gasteiger partial charge is 0.497 e. The molecule has 2 aromatic rings. The number of ketones is 1. The van der Waals surface area contributed by atoms with Crippen LogP contribution in [0.1, 0.15) is 28.7 Å². The first kappa shape index (κ1) is 14.6. The molecule has 0 aliphatic rings. The summed E-state index contributed by atoms with van der Waals surface area (Å²) in [4.78, 5) is 12.3. The van der Waals surface area contributed by atoms with Gasteiger partial charge in [-0.2, -0.15) is 5.10 Å². The molecule has 1 heterocycles. The zero-order valence-electron chi connectivity index (χ0n) is 11.8. The van der Waals surface area contributed by atoms with E-state index < -0.39 is 0 Å². The molecule has 1 aromatic heterocycles. The molecule has 0 aliphatic carbocycles. The predicted octanol–water partition coefficient (Wildman–Crippen LogP) is 3.07. The van der Waals surface area contributed by atoms with E-state index in [1.165, 1.54) is 0 Å². The van der Waals surface area contributed by atoms with Crippen LogP contribution in [0.2, 0.25) is 5.02 Å². The van der Waals surface area contributed by atoms with Gasteiger partial charge in [-0.25, -0.2) is 0 Å². The lowest BCUT2D eigenvalue weighted by Gasteiger charge is -2.04. The second-order valence-corrected chi connectivity index (χ2v) is 4.89. The van der Waals surface area contributed by atoms with Crippen LogP contribution in [0.3, 0.4) is 0 Å². The number of carbonyl (C=O) groups excluding carboxylic acids is 1. The number of hydrogen-bond donors (Lipinski definition) is 0. The van der Waals surface area contributed by atoms with Crippen molar-refractivity contribution in [2.75, 3.05) is 7.11 Å². The number of hydrogen-bond acceptors (Lipinski definition) is 3. The van der Waals surface area contributed by atoms with Gasteiger partial charge in [-0.3, -0.25) is 9.48 Å². The summed E-state index contributed by atoms with van der Waals surface area (Å²) >= 11 is 6.25. The van der Waals surface area contributed by atoms with Gasteiger partial charge in [0.25, 0.3) is 0 Å². The number of ether oxygens (including phenoxy) is 1. The lowest BCUT2D eigenvalue weighted by atomic mass is 10.1. The molecule has 0 aliphatic heterocycles. The molecule has 2 rings (SSSR count). The van der Waals surface area contributed by atoms with Crippen molar-refractivity contribution >= 4 is 17.4 Å². The predicted molar refractivity (Wildman–Crippen MR) is 78.6 cm³/mol. The third kappa shape index (κ3) is 2.85. The maximum absolute atomic E-state index is 12.3. The Morgan fingerprint density at radius 1 is 1.35 bits per heavy atom. The van der Waals surface area contributed by atoms with Crippen molar-refractivity contribution in [3.05, 3.63) is 46.2 Å². The van der Waals surface area contributed by atoms with E-state index >= 15 is 0 Å². The van der Waals surface area contributed by atoms with E-state index in [1.54, 1.807) is 36.1 Å². The van der Waals surface area contributed by atoms with E-state index in [0.29, 0.717) is 10.6 Å². The Morgan fingerprint density at radius 3 is 2.50 bits per heavy atom. The molecular weight excluding hydrogens is 276 g/mol. The van der Waals surface area contributed by atoms with E-state index in [-0.39, 0.29) is 12.2 Å². The van der Waals surface area contributed by atoms with E-state index in [0.717, 1.165) is 23.6 Å². The Bertz CT molecular complexity index is 618. The SMILES string of the molecule is CCc1nn(C)c(CC(=O)c2ccc(OC)cc2)c1Cl. The van der Waals surface area contributed by atoms with Gasteiger partial charge in [0.15, 0.2) is 5.78 Å². The van der Waals surface area contributed by atoms with Gasteiger partial charge in [-0.1, -0.05) is 18.5 Å². The van der Waals surface area contributed by atoms with Gasteiger partial charge in [-0.15, -0.1) is 0 Å². The number of rotatable bonds is 5. The van der Waals surface area contributed by atoms with Crippen molar-refractivity contribution < 1.29 is 9.53 Å². The van der Waals surface area contributed by atoms with Crippen LogP contribution in [0.4, 0.5) is 0 Å². The first-order valence-electron chi connectivity index (χ1n) is 6.44. The molecule has 0 spiro atoms. The first-order valence-corrected chi connectivity index (χ1v) is 6.82. The number of halogens is 1. The van der Waals surface area contributed by atoms with Crippen molar-refractivity contribution in [1.29, 1.82) is 0 Å².